The topological polar surface area (TPSA) is 24.1 Å². The SMILES string of the molecule is CC(C)CCC1C2CNC3C(CNC13)C2. The van der Waals surface area contributed by atoms with E-state index in [-0.39, 0.29) is 0 Å². The van der Waals surface area contributed by atoms with Crippen LogP contribution in [0.3, 0.4) is 0 Å². The smallest absolute Gasteiger partial charge is 0.0264 e. The summed E-state index contributed by atoms with van der Waals surface area (Å²) in [7, 11) is 0. The molecule has 3 aliphatic heterocycles. The van der Waals surface area contributed by atoms with Gasteiger partial charge in [-0.3, -0.25) is 0 Å². The molecule has 1 saturated carbocycles. The summed E-state index contributed by atoms with van der Waals surface area (Å²) >= 11 is 0. The lowest BCUT2D eigenvalue weighted by molar-refractivity contribution is 0.0797. The normalized spacial score (nSPS) is 47.8. The highest BCUT2D eigenvalue weighted by Crippen LogP contribution is 2.43. The average molecular weight is 208 g/mol. The Balaban J connectivity index is 1.68. The summed E-state index contributed by atoms with van der Waals surface area (Å²) in [6.45, 7) is 7.27. The maximum atomic E-state index is 3.76. The first-order valence-corrected chi connectivity index (χ1v) is 6.72. The molecule has 86 valence electrons. The lowest BCUT2D eigenvalue weighted by Crippen LogP contribution is -2.60. The molecule has 2 heteroatoms. The van der Waals surface area contributed by atoms with Crippen molar-refractivity contribution in [3.8, 4) is 0 Å². The minimum absolute atomic E-state index is 0.807. The van der Waals surface area contributed by atoms with Crippen molar-refractivity contribution in [3.63, 3.8) is 0 Å². The molecule has 0 radical (unpaired) electrons. The fourth-order valence-electron chi connectivity index (χ4n) is 4.10. The van der Waals surface area contributed by atoms with Crippen LogP contribution in [0.5, 0.6) is 0 Å². The Morgan fingerprint density at radius 2 is 1.80 bits per heavy atom. The van der Waals surface area contributed by atoms with Crippen LogP contribution in [0.2, 0.25) is 0 Å². The number of rotatable bonds is 3. The molecule has 0 spiro atoms. The Bertz CT molecular complexity index is 239. The predicted octanol–water partition coefficient (Wildman–Crippen LogP) is 1.62. The van der Waals surface area contributed by atoms with E-state index >= 15 is 0 Å². The summed E-state index contributed by atoms with van der Waals surface area (Å²) in [6.07, 6.45) is 4.35. The molecule has 0 amide bonds. The van der Waals surface area contributed by atoms with Gasteiger partial charge in [-0.1, -0.05) is 20.3 Å². The van der Waals surface area contributed by atoms with Gasteiger partial charge in [-0.15, -0.1) is 0 Å². The van der Waals surface area contributed by atoms with Gasteiger partial charge < -0.3 is 10.6 Å². The summed E-state index contributed by atoms with van der Waals surface area (Å²) in [6, 6.07) is 1.62. The monoisotopic (exact) mass is 208 g/mol. The van der Waals surface area contributed by atoms with Gasteiger partial charge in [0.2, 0.25) is 0 Å². The fourth-order valence-corrected chi connectivity index (χ4v) is 4.10. The van der Waals surface area contributed by atoms with Crippen molar-refractivity contribution in [1.82, 2.24) is 10.6 Å². The molecule has 0 aromatic heterocycles. The van der Waals surface area contributed by atoms with Gasteiger partial charge in [0.15, 0.2) is 0 Å². The molecular weight excluding hydrogens is 184 g/mol. The Labute approximate surface area is 93.2 Å². The first-order chi connectivity index (χ1) is 7.25. The molecule has 3 heterocycles. The molecule has 4 aliphatic rings. The standard InChI is InChI=1S/C13H24N2/c1-8(2)3-4-11-9-5-10-7-15-13(11)12(10)14-6-9/h8-15H,3-7H2,1-2H3. The zero-order valence-corrected chi connectivity index (χ0v) is 10.00. The zero-order chi connectivity index (χ0) is 10.4. The highest BCUT2D eigenvalue weighted by atomic mass is 15.1. The van der Waals surface area contributed by atoms with Gasteiger partial charge in [0.05, 0.1) is 0 Å². The van der Waals surface area contributed by atoms with Gasteiger partial charge in [0.25, 0.3) is 0 Å². The highest BCUT2D eigenvalue weighted by molar-refractivity contribution is 5.09. The van der Waals surface area contributed by atoms with E-state index in [0.29, 0.717) is 0 Å². The van der Waals surface area contributed by atoms with E-state index < -0.39 is 0 Å². The summed E-state index contributed by atoms with van der Waals surface area (Å²) in [5, 5.41) is 7.50. The Hall–Kier alpha value is -0.0800. The Morgan fingerprint density at radius 1 is 1.07 bits per heavy atom. The molecule has 0 aromatic rings. The lowest BCUT2D eigenvalue weighted by atomic mass is 9.66. The molecule has 4 bridgehead atoms. The highest BCUT2D eigenvalue weighted by Gasteiger charge is 2.51. The molecule has 0 aromatic carbocycles. The second-order valence-corrected chi connectivity index (χ2v) is 6.26. The van der Waals surface area contributed by atoms with Crippen LogP contribution in [0.15, 0.2) is 0 Å². The molecule has 4 rings (SSSR count). The molecule has 5 unspecified atom stereocenters. The third-order valence-corrected chi connectivity index (χ3v) is 4.88. The third-order valence-electron chi connectivity index (χ3n) is 4.88. The second kappa shape index (κ2) is 3.74. The van der Waals surface area contributed by atoms with Crippen molar-refractivity contribution in [1.29, 1.82) is 0 Å². The molecule has 15 heavy (non-hydrogen) atoms. The van der Waals surface area contributed by atoms with Crippen molar-refractivity contribution in [3.05, 3.63) is 0 Å². The molecule has 2 N–H and O–H groups in total. The van der Waals surface area contributed by atoms with Crippen LogP contribution in [0.1, 0.15) is 33.1 Å². The molecule has 5 atom stereocenters. The van der Waals surface area contributed by atoms with Crippen molar-refractivity contribution in [2.45, 2.75) is 45.2 Å². The summed E-state index contributed by atoms with van der Waals surface area (Å²) in [5.41, 5.74) is 0. The van der Waals surface area contributed by atoms with Crippen LogP contribution in [0.4, 0.5) is 0 Å². The lowest BCUT2D eigenvalue weighted by Gasteiger charge is -2.48. The Kier molecular flexibility index (Phi) is 2.52. The van der Waals surface area contributed by atoms with Crippen LogP contribution < -0.4 is 10.6 Å². The second-order valence-electron chi connectivity index (χ2n) is 6.26. The van der Waals surface area contributed by atoms with Crippen LogP contribution in [0, 0.1) is 23.7 Å². The summed E-state index contributed by atoms with van der Waals surface area (Å²) < 4.78 is 0. The van der Waals surface area contributed by atoms with Crippen LogP contribution in [0.25, 0.3) is 0 Å². The third kappa shape index (κ3) is 1.62. The number of piperidine rings is 2. The minimum Gasteiger partial charge on any atom is -0.312 e. The van der Waals surface area contributed by atoms with E-state index in [4.69, 9.17) is 0 Å². The Morgan fingerprint density at radius 3 is 2.60 bits per heavy atom. The summed E-state index contributed by atoms with van der Waals surface area (Å²) in [4.78, 5) is 0. The molecular formula is C13H24N2. The first-order valence-electron chi connectivity index (χ1n) is 6.72. The van der Waals surface area contributed by atoms with Gasteiger partial charge in [0.1, 0.15) is 0 Å². The van der Waals surface area contributed by atoms with Gasteiger partial charge in [0, 0.05) is 12.1 Å². The quantitative estimate of drug-likeness (QED) is 0.736. The van der Waals surface area contributed by atoms with Crippen molar-refractivity contribution in [2.24, 2.45) is 23.7 Å². The van der Waals surface area contributed by atoms with E-state index in [9.17, 15) is 0 Å². The van der Waals surface area contributed by atoms with Crippen molar-refractivity contribution in [2.75, 3.05) is 13.1 Å². The van der Waals surface area contributed by atoms with Gasteiger partial charge in [-0.05, 0) is 49.6 Å². The molecule has 1 aliphatic carbocycles. The maximum absolute atomic E-state index is 3.76. The molecule has 3 saturated heterocycles. The number of fused-ring (bicyclic) bond motifs is 1. The van der Waals surface area contributed by atoms with E-state index in [0.717, 1.165) is 35.8 Å². The fraction of sp³-hybridized carbons (Fsp3) is 1.00. The number of nitrogens with one attached hydrogen (secondary N) is 2. The van der Waals surface area contributed by atoms with Crippen molar-refractivity contribution >= 4 is 0 Å². The van der Waals surface area contributed by atoms with Gasteiger partial charge >= 0.3 is 0 Å². The average Bonchev–Trinajstić information content (AvgIpc) is 2.57. The largest absolute Gasteiger partial charge is 0.312 e. The van der Waals surface area contributed by atoms with E-state index in [1.807, 2.05) is 0 Å². The van der Waals surface area contributed by atoms with Gasteiger partial charge in [-0.2, -0.15) is 0 Å². The van der Waals surface area contributed by atoms with E-state index in [1.54, 1.807) is 0 Å². The van der Waals surface area contributed by atoms with E-state index in [1.165, 1.54) is 32.4 Å². The van der Waals surface area contributed by atoms with E-state index in [2.05, 4.69) is 24.5 Å². The van der Waals surface area contributed by atoms with Crippen molar-refractivity contribution < 1.29 is 0 Å². The number of hydrogen-bond acceptors (Lipinski definition) is 2. The van der Waals surface area contributed by atoms with Crippen LogP contribution in [-0.4, -0.2) is 25.2 Å². The molecule has 4 fully saturated rings. The van der Waals surface area contributed by atoms with Gasteiger partial charge in [-0.25, -0.2) is 0 Å². The summed E-state index contributed by atoms with van der Waals surface area (Å²) in [5.74, 6) is 3.76. The number of hydrogen-bond donors (Lipinski definition) is 2. The first kappa shape index (κ1) is 10.1. The van der Waals surface area contributed by atoms with Crippen LogP contribution >= 0.6 is 0 Å². The minimum atomic E-state index is 0.807. The van der Waals surface area contributed by atoms with Crippen LogP contribution in [-0.2, 0) is 0 Å². The maximum Gasteiger partial charge on any atom is 0.0264 e. The zero-order valence-electron chi connectivity index (χ0n) is 10.00. The molecule has 2 nitrogen and oxygen atoms in total. The predicted molar refractivity (Wildman–Crippen MR) is 62.7 cm³/mol.